The summed E-state index contributed by atoms with van der Waals surface area (Å²) in [4.78, 5) is 4.59. The van der Waals surface area contributed by atoms with Crippen LogP contribution in [0.15, 0.2) is 30.3 Å². The van der Waals surface area contributed by atoms with Crippen LogP contribution in [0.5, 0.6) is 5.88 Å². The van der Waals surface area contributed by atoms with E-state index in [0.29, 0.717) is 12.5 Å². The van der Waals surface area contributed by atoms with E-state index in [2.05, 4.69) is 17.1 Å². The average molecular weight is 301 g/mol. The number of fused-ring (bicyclic) bond motifs is 1. The second-order valence-corrected chi connectivity index (χ2v) is 5.61. The molecule has 0 N–H and O–H groups in total. The van der Waals surface area contributed by atoms with Gasteiger partial charge >= 0.3 is 0 Å². The van der Waals surface area contributed by atoms with Crippen LogP contribution in [0.3, 0.4) is 0 Å². The Morgan fingerprint density at radius 1 is 1.27 bits per heavy atom. The Morgan fingerprint density at radius 3 is 3.00 bits per heavy atom. The van der Waals surface area contributed by atoms with E-state index in [1.165, 1.54) is 11.8 Å². The molecule has 0 spiro atoms. The van der Waals surface area contributed by atoms with Crippen molar-refractivity contribution >= 4 is 10.8 Å². The van der Waals surface area contributed by atoms with Gasteiger partial charge in [0.15, 0.2) is 6.29 Å². The third-order valence-corrected chi connectivity index (χ3v) is 3.97. The second kappa shape index (κ2) is 7.56. The zero-order valence-electron chi connectivity index (χ0n) is 13.1. The molecule has 0 saturated carbocycles. The molecule has 1 aromatic carbocycles. The standard InChI is InChI=1S/C18H23NO3/c1-20-18-16-9-3-2-7-14(16)13-15(19-18)8-6-12-22-17-10-4-5-11-21-17/h2-3,7,9,13,17H,4-6,8,10-12H2,1H3. The van der Waals surface area contributed by atoms with E-state index >= 15 is 0 Å². The summed E-state index contributed by atoms with van der Waals surface area (Å²) in [5, 5.41) is 2.22. The van der Waals surface area contributed by atoms with Crippen LogP contribution in [-0.4, -0.2) is 31.6 Å². The van der Waals surface area contributed by atoms with Gasteiger partial charge in [0.2, 0.25) is 5.88 Å². The predicted molar refractivity (Wildman–Crippen MR) is 86.2 cm³/mol. The summed E-state index contributed by atoms with van der Waals surface area (Å²) >= 11 is 0. The van der Waals surface area contributed by atoms with Crippen molar-refractivity contribution in [1.29, 1.82) is 0 Å². The fourth-order valence-electron chi connectivity index (χ4n) is 2.81. The molecular weight excluding hydrogens is 278 g/mol. The van der Waals surface area contributed by atoms with E-state index in [-0.39, 0.29) is 6.29 Å². The average Bonchev–Trinajstić information content (AvgIpc) is 2.59. The first-order valence-electron chi connectivity index (χ1n) is 8.02. The third-order valence-electron chi connectivity index (χ3n) is 3.97. The van der Waals surface area contributed by atoms with Crippen molar-refractivity contribution < 1.29 is 14.2 Å². The topological polar surface area (TPSA) is 40.6 Å². The van der Waals surface area contributed by atoms with Crippen LogP contribution < -0.4 is 4.74 Å². The lowest BCUT2D eigenvalue weighted by molar-refractivity contribution is -0.162. The number of hydrogen-bond acceptors (Lipinski definition) is 4. The van der Waals surface area contributed by atoms with Gasteiger partial charge < -0.3 is 14.2 Å². The van der Waals surface area contributed by atoms with Crippen molar-refractivity contribution in [1.82, 2.24) is 4.98 Å². The summed E-state index contributed by atoms with van der Waals surface area (Å²) in [5.74, 6) is 0.699. The van der Waals surface area contributed by atoms with Gasteiger partial charge in [-0.1, -0.05) is 18.2 Å². The minimum absolute atomic E-state index is 0.00662. The number of benzene rings is 1. The van der Waals surface area contributed by atoms with E-state index in [4.69, 9.17) is 14.2 Å². The Kier molecular flexibility index (Phi) is 5.24. The van der Waals surface area contributed by atoms with Gasteiger partial charge in [0.05, 0.1) is 13.7 Å². The number of hydrogen-bond donors (Lipinski definition) is 0. The lowest BCUT2D eigenvalue weighted by Crippen LogP contribution is -2.22. The molecule has 1 aliphatic heterocycles. The predicted octanol–water partition coefficient (Wildman–Crippen LogP) is 3.72. The maximum Gasteiger partial charge on any atom is 0.221 e. The van der Waals surface area contributed by atoms with E-state index in [1.54, 1.807) is 7.11 Å². The molecule has 0 radical (unpaired) electrons. The Morgan fingerprint density at radius 2 is 2.18 bits per heavy atom. The number of aromatic nitrogens is 1. The first kappa shape index (κ1) is 15.3. The van der Waals surface area contributed by atoms with E-state index in [9.17, 15) is 0 Å². The van der Waals surface area contributed by atoms with Crippen LogP contribution in [0.2, 0.25) is 0 Å². The fourth-order valence-corrected chi connectivity index (χ4v) is 2.81. The molecule has 1 atom stereocenters. The van der Waals surface area contributed by atoms with Gasteiger partial charge in [0.1, 0.15) is 0 Å². The maximum atomic E-state index is 5.77. The molecule has 1 fully saturated rings. The van der Waals surface area contributed by atoms with Crippen LogP contribution in [0.25, 0.3) is 10.8 Å². The zero-order valence-corrected chi connectivity index (χ0v) is 13.1. The largest absolute Gasteiger partial charge is 0.481 e. The van der Waals surface area contributed by atoms with Crippen LogP contribution in [0.1, 0.15) is 31.4 Å². The van der Waals surface area contributed by atoms with Crippen LogP contribution >= 0.6 is 0 Å². The van der Waals surface area contributed by atoms with Crippen LogP contribution in [-0.2, 0) is 15.9 Å². The van der Waals surface area contributed by atoms with Gasteiger partial charge in [-0.05, 0) is 49.6 Å². The number of ether oxygens (including phenoxy) is 3. The highest BCUT2D eigenvalue weighted by molar-refractivity contribution is 5.87. The van der Waals surface area contributed by atoms with Gasteiger partial charge in [-0.3, -0.25) is 0 Å². The minimum atomic E-state index is -0.00662. The molecular formula is C18H23NO3. The van der Waals surface area contributed by atoms with Crippen LogP contribution in [0.4, 0.5) is 0 Å². The number of nitrogens with zero attached hydrogens (tertiary/aromatic N) is 1. The molecule has 2 aromatic rings. The number of aryl methyl sites for hydroxylation is 1. The molecule has 4 nitrogen and oxygen atoms in total. The van der Waals surface area contributed by atoms with Gasteiger partial charge in [0, 0.05) is 17.7 Å². The van der Waals surface area contributed by atoms with Gasteiger partial charge in [-0.25, -0.2) is 4.98 Å². The molecule has 3 rings (SSSR count). The highest BCUT2D eigenvalue weighted by Gasteiger charge is 2.13. The number of methoxy groups -OCH3 is 1. The normalized spacial score (nSPS) is 18.5. The molecule has 118 valence electrons. The summed E-state index contributed by atoms with van der Waals surface area (Å²) < 4.78 is 16.7. The smallest absolute Gasteiger partial charge is 0.221 e. The Labute approximate surface area is 131 Å². The monoisotopic (exact) mass is 301 g/mol. The third kappa shape index (κ3) is 3.76. The molecule has 22 heavy (non-hydrogen) atoms. The number of rotatable bonds is 6. The van der Waals surface area contributed by atoms with Crippen molar-refractivity contribution in [3.05, 3.63) is 36.0 Å². The van der Waals surface area contributed by atoms with Crippen molar-refractivity contribution in [2.75, 3.05) is 20.3 Å². The molecule has 0 amide bonds. The Hall–Kier alpha value is -1.65. The quantitative estimate of drug-likeness (QED) is 0.762. The molecule has 0 bridgehead atoms. The molecule has 1 unspecified atom stereocenters. The van der Waals surface area contributed by atoms with Crippen molar-refractivity contribution in [2.24, 2.45) is 0 Å². The van der Waals surface area contributed by atoms with Crippen molar-refractivity contribution in [3.8, 4) is 5.88 Å². The summed E-state index contributed by atoms with van der Waals surface area (Å²) in [7, 11) is 1.67. The summed E-state index contributed by atoms with van der Waals surface area (Å²) in [6.45, 7) is 1.54. The fraction of sp³-hybridized carbons (Fsp3) is 0.500. The van der Waals surface area contributed by atoms with E-state index < -0.39 is 0 Å². The van der Waals surface area contributed by atoms with Gasteiger partial charge in [-0.15, -0.1) is 0 Å². The van der Waals surface area contributed by atoms with Crippen molar-refractivity contribution in [3.63, 3.8) is 0 Å². The van der Waals surface area contributed by atoms with Gasteiger partial charge in [0.25, 0.3) is 0 Å². The minimum Gasteiger partial charge on any atom is -0.481 e. The van der Waals surface area contributed by atoms with Crippen molar-refractivity contribution in [2.45, 2.75) is 38.4 Å². The highest BCUT2D eigenvalue weighted by atomic mass is 16.7. The van der Waals surface area contributed by atoms with Gasteiger partial charge in [-0.2, -0.15) is 0 Å². The summed E-state index contributed by atoms with van der Waals surface area (Å²) in [6.07, 6.45) is 5.19. The second-order valence-electron chi connectivity index (χ2n) is 5.61. The first-order valence-corrected chi connectivity index (χ1v) is 8.02. The number of pyridine rings is 1. The molecule has 1 aliphatic rings. The maximum absolute atomic E-state index is 5.77. The van der Waals surface area contributed by atoms with Crippen LogP contribution in [0, 0.1) is 0 Å². The lowest BCUT2D eigenvalue weighted by atomic mass is 10.1. The van der Waals surface area contributed by atoms with E-state index in [0.717, 1.165) is 43.4 Å². The SMILES string of the molecule is COc1nc(CCCOC2CCCCO2)cc2ccccc12. The Balaban J connectivity index is 1.57. The highest BCUT2D eigenvalue weighted by Crippen LogP contribution is 2.24. The lowest BCUT2D eigenvalue weighted by Gasteiger charge is -2.22. The summed E-state index contributed by atoms with van der Waals surface area (Å²) in [5.41, 5.74) is 1.05. The zero-order chi connectivity index (χ0) is 15.2. The molecule has 2 heterocycles. The van der Waals surface area contributed by atoms with E-state index in [1.807, 2.05) is 18.2 Å². The molecule has 0 aliphatic carbocycles. The Bertz CT molecular complexity index is 608. The first-order chi connectivity index (χ1) is 10.9. The molecule has 1 saturated heterocycles. The molecule has 1 aromatic heterocycles. The molecule has 4 heteroatoms. The summed E-state index contributed by atoms with van der Waals surface area (Å²) in [6, 6.07) is 10.3.